The first-order chi connectivity index (χ1) is 35.0. The van der Waals surface area contributed by atoms with Gasteiger partial charge in [0.15, 0.2) is 5.75 Å². The number of aromatic hydroxyl groups is 2. The molecular weight excluding hydrogens is 951 g/mol. The van der Waals surface area contributed by atoms with Crippen molar-refractivity contribution in [2.45, 2.75) is 131 Å². The number of methoxy groups -OCH3 is 1. The maximum absolute atomic E-state index is 15.0. The topological polar surface area (TPSA) is 242 Å². The average molecular weight is 1030 g/mol. The standard InChI is InChI=1S/C55H75N7O12/c1-28(2)26-60-19-17-55(18-20-60)57-42-39-40-47(65)34(8)50-41(39)51(67)54(11,73-50)71-25-16-38(70-12)31(5)49(72-53(69)62-23-21-61(22-24-62)27-37-35(9)59-74-36(37)10)33(7)46(64)32(6)45(63)29(3)14-13-15-30(4)52(68)56-44(48(40)66)43(42)58-55/h13-16,25,28-29,31-33,38,45-46,49,57,63-66H,17-24,26-27H2,1-12H3/b14-13+,25-16+,30-15-,56-44?/t29-,31+,32+,33+,38-,45-,46+,49+,54-/m0/s1. The lowest BCUT2D eigenvalue weighted by Crippen LogP contribution is -2.52. The second kappa shape index (κ2) is 21.4. The van der Waals surface area contributed by atoms with Gasteiger partial charge < -0.3 is 59.0 Å². The molecule has 0 unspecified atom stereocenters. The second-order valence-corrected chi connectivity index (χ2v) is 21.8. The Bertz CT molecular complexity index is 2860. The predicted molar refractivity (Wildman–Crippen MR) is 275 cm³/mol. The quantitative estimate of drug-likeness (QED) is 0.185. The minimum atomic E-state index is -1.99. The van der Waals surface area contributed by atoms with Gasteiger partial charge in [-0.25, -0.2) is 9.79 Å². The number of aliphatic hydroxyl groups is 2. The van der Waals surface area contributed by atoms with E-state index in [-0.39, 0.29) is 49.7 Å². The number of allylic oxidation sites excluding steroid dienone is 2. The van der Waals surface area contributed by atoms with Crippen LogP contribution in [0.25, 0.3) is 10.8 Å². The highest BCUT2D eigenvalue weighted by Gasteiger charge is 2.51. The third-order valence-corrected chi connectivity index (χ3v) is 16.0. The number of aliphatic hydroxyl groups excluding tert-OH is 2. The number of benzene rings is 2. The van der Waals surface area contributed by atoms with Crippen LogP contribution in [0.2, 0.25) is 0 Å². The van der Waals surface area contributed by atoms with Crippen LogP contribution in [0.4, 0.5) is 10.5 Å². The van der Waals surface area contributed by atoms with Gasteiger partial charge in [0.25, 0.3) is 11.7 Å². The SMILES string of the molecule is CO[C@H]1/C=C/O[C@@]2(C)Oc3c(C)c(O)c4c(O)c(c5c(c4c3C2=O)NC2(CCN(CC(C)C)CC2)N=5)=NC(=O)/C(C)=C\C=C\[C@H](C)[C@H](O)[C@@H](C)[C@@H](O)[C@@H](C)[C@H](OC(=O)N2CCN(Cc3c(C)noc3C)CC2)[C@@H]1C. The van der Waals surface area contributed by atoms with Gasteiger partial charge in [-0.1, -0.05) is 64.9 Å². The Morgan fingerprint density at radius 1 is 0.892 bits per heavy atom. The fourth-order valence-corrected chi connectivity index (χ4v) is 11.3. The average Bonchev–Trinajstić information content (AvgIpc) is 4.00. The molecule has 0 aliphatic carbocycles. The van der Waals surface area contributed by atoms with Crippen molar-refractivity contribution in [2.75, 3.05) is 58.2 Å². The highest BCUT2D eigenvalue weighted by atomic mass is 16.7. The van der Waals surface area contributed by atoms with Crippen molar-refractivity contribution in [3.05, 3.63) is 75.0 Å². The number of anilines is 1. The third-order valence-electron chi connectivity index (χ3n) is 16.0. The van der Waals surface area contributed by atoms with Crippen LogP contribution in [0.5, 0.6) is 17.2 Å². The first kappa shape index (κ1) is 54.4. The number of aryl methyl sites for hydroxylation is 2. The zero-order valence-electron chi connectivity index (χ0n) is 44.9. The Morgan fingerprint density at radius 2 is 1.58 bits per heavy atom. The lowest BCUT2D eigenvalue weighted by Gasteiger charge is -2.40. The highest BCUT2D eigenvalue weighted by molar-refractivity contribution is 6.21. The van der Waals surface area contributed by atoms with Gasteiger partial charge in [-0.2, -0.15) is 0 Å². The predicted octanol–water partition coefficient (Wildman–Crippen LogP) is 5.75. The van der Waals surface area contributed by atoms with Crippen LogP contribution >= 0.6 is 0 Å². The molecule has 74 heavy (non-hydrogen) atoms. The van der Waals surface area contributed by atoms with Crippen LogP contribution in [0.3, 0.4) is 0 Å². The van der Waals surface area contributed by atoms with Crippen LogP contribution in [0.1, 0.15) is 101 Å². The summed E-state index contributed by atoms with van der Waals surface area (Å²) in [4.78, 5) is 59.1. The van der Waals surface area contributed by atoms with Gasteiger partial charge in [0.2, 0.25) is 0 Å². The molecule has 5 bridgehead atoms. The van der Waals surface area contributed by atoms with E-state index in [1.54, 1.807) is 63.8 Å². The molecule has 19 heteroatoms. The van der Waals surface area contributed by atoms with E-state index in [0.717, 1.165) is 23.6 Å². The summed E-state index contributed by atoms with van der Waals surface area (Å²) in [5.74, 6) is -5.56. The van der Waals surface area contributed by atoms with Crippen molar-refractivity contribution in [3.63, 3.8) is 0 Å². The number of Topliss-reactive ketones (excluding diaryl/α,β-unsaturated/α-hetero) is 1. The summed E-state index contributed by atoms with van der Waals surface area (Å²) >= 11 is 0. The minimum Gasteiger partial charge on any atom is -0.507 e. The van der Waals surface area contributed by atoms with Gasteiger partial charge in [0.1, 0.15) is 39.7 Å². The Hall–Kier alpha value is -5.86. The summed E-state index contributed by atoms with van der Waals surface area (Å²) < 4.78 is 30.4. The third kappa shape index (κ3) is 10.3. The number of phenolic OH excluding ortho intramolecular Hbond substituents is 2. The van der Waals surface area contributed by atoms with Gasteiger partial charge in [0, 0.05) is 125 Å². The number of nitrogens with one attached hydrogen (secondary N) is 1. The molecule has 2 fully saturated rings. The van der Waals surface area contributed by atoms with E-state index in [1.807, 2.05) is 20.8 Å². The number of carbonyl (C=O) groups is 3. The molecule has 2 amide bonds. The fourth-order valence-electron chi connectivity index (χ4n) is 11.3. The van der Waals surface area contributed by atoms with Crippen molar-refractivity contribution in [1.82, 2.24) is 19.9 Å². The number of ketones is 1. The number of piperidine rings is 1. The summed E-state index contributed by atoms with van der Waals surface area (Å²) in [6, 6.07) is 0. The lowest BCUT2D eigenvalue weighted by atomic mass is 9.78. The molecule has 9 atom stereocenters. The van der Waals surface area contributed by atoms with E-state index in [1.165, 1.54) is 20.3 Å². The Morgan fingerprint density at radius 3 is 2.22 bits per heavy atom. The molecule has 2 aromatic carbocycles. The van der Waals surface area contributed by atoms with Crippen molar-refractivity contribution in [1.29, 1.82) is 0 Å². The van der Waals surface area contributed by atoms with Gasteiger partial charge in [-0.3, -0.25) is 19.5 Å². The van der Waals surface area contributed by atoms with E-state index in [9.17, 15) is 34.8 Å². The van der Waals surface area contributed by atoms with Crippen LogP contribution in [0, 0.1) is 50.4 Å². The molecule has 3 aromatic rings. The monoisotopic (exact) mass is 1030 g/mol. The summed E-state index contributed by atoms with van der Waals surface area (Å²) in [7, 11) is 1.49. The molecule has 6 aliphatic heterocycles. The normalized spacial score (nSPS) is 30.6. The number of carbonyl (C=O) groups excluding carboxylic acids is 3. The zero-order chi connectivity index (χ0) is 53.7. The Kier molecular flexibility index (Phi) is 15.7. The molecule has 6 aliphatic rings. The van der Waals surface area contributed by atoms with Crippen molar-refractivity contribution in [2.24, 2.45) is 39.6 Å². The molecule has 1 aromatic heterocycles. The first-order valence-electron chi connectivity index (χ1n) is 26.0. The molecule has 402 valence electrons. The minimum absolute atomic E-state index is 0.0460. The number of likely N-dealkylation sites (tertiary alicyclic amines) is 1. The number of phenols is 2. The number of nitrogens with zero attached hydrogens (tertiary/aromatic N) is 6. The van der Waals surface area contributed by atoms with Crippen LogP contribution < -0.4 is 20.8 Å². The summed E-state index contributed by atoms with van der Waals surface area (Å²) in [6.07, 6.45) is 4.31. The second-order valence-electron chi connectivity index (χ2n) is 21.8. The Labute approximate surface area is 432 Å². The van der Waals surface area contributed by atoms with Crippen molar-refractivity contribution in [3.8, 4) is 17.2 Å². The molecule has 19 nitrogen and oxygen atoms in total. The highest BCUT2D eigenvalue weighted by Crippen LogP contribution is 2.51. The zero-order valence-corrected chi connectivity index (χ0v) is 44.9. The van der Waals surface area contributed by atoms with Gasteiger partial charge in [0.05, 0.1) is 46.9 Å². The fraction of sp³-hybridized carbons (Fsp3) is 0.600. The van der Waals surface area contributed by atoms with Crippen molar-refractivity contribution < 1.29 is 58.3 Å². The van der Waals surface area contributed by atoms with Crippen LogP contribution in [0.15, 0.2) is 50.6 Å². The molecule has 0 radical (unpaired) electrons. The van der Waals surface area contributed by atoms with Gasteiger partial charge >= 0.3 is 11.9 Å². The van der Waals surface area contributed by atoms with Crippen LogP contribution in [-0.4, -0.2) is 147 Å². The molecule has 9 rings (SSSR count). The van der Waals surface area contributed by atoms with Gasteiger partial charge in [-0.15, -0.1) is 0 Å². The van der Waals surface area contributed by atoms with E-state index in [0.29, 0.717) is 70.3 Å². The van der Waals surface area contributed by atoms with E-state index in [2.05, 4.69) is 39.1 Å². The van der Waals surface area contributed by atoms with Crippen LogP contribution in [-0.2, 0) is 25.5 Å². The lowest BCUT2D eigenvalue weighted by molar-refractivity contribution is -0.114. The van der Waals surface area contributed by atoms with E-state index < -0.39 is 83.1 Å². The van der Waals surface area contributed by atoms with E-state index in [4.69, 9.17) is 28.5 Å². The van der Waals surface area contributed by atoms with E-state index >= 15 is 0 Å². The largest absolute Gasteiger partial charge is 0.507 e. The Balaban J connectivity index is 1.17. The first-order valence-corrected chi connectivity index (χ1v) is 26.0. The van der Waals surface area contributed by atoms with Crippen molar-refractivity contribution >= 4 is 34.2 Å². The summed E-state index contributed by atoms with van der Waals surface area (Å²) in [5.41, 5.74) is 1.69. The smallest absolute Gasteiger partial charge is 0.410 e. The number of hydrogen-bond donors (Lipinski definition) is 5. The summed E-state index contributed by atoms with van der Waals surface area (Å²) in [6.45, 7) is 24.7. The maximum Gasteiger partial charge on any atom is 0.410 e. The molecule has 2 saturated heterocycles. The van der Waals surface area contributed by atoms with Gasteiger partial charge in [-0.05, 0) is 39.7 Å². The molecule has 5 N–H and O–H groups in total. The number of aromatic nitrogens is 1. The maximum atomic E-state index is 15.0. The number of amides is 2. The molecule has 0 saturated carbocycles. The number of hydrogen-bond acceptors (Lipinski definition) is 17. The molecule has 1 spiro atoms. The summed E-state index contributed by atoms with van der Waals surface area (Å²) in [5, 5.41) is 55.7. The number of fused-ring (bicyclic) bond motifs is 13. The number of ether oxygens (including phenoxy) is 4. The molecule has 7 heterocycles. The molecular formula is C55H75N7O12. The number of piperazine rings is 1. The number of rotatable bonds is 6.